The van der Waals surface area contributed by atoms with E-state index < -0.39 is 0 Å². The molecule has 1 saturated carbocycles. The topological polar surface area (TPSA) is 0 Å². The molecule has 0 saturated heterocycles. The second kappa shape index (κ2) is 5.56. The number of rotatable bonds is 8. The Morgan fingerprint density at radius 2 is 1.69 bits per heavy atom. The Balaban J connectivity index is 2.53. The van der Waals surface area contributed by atoms with E-state index in [-0.39, 0.29) is 0 Å². The molecule has 3 unspecified atom stereocenters. The SMILES string of the molecule is CCCCC(C)C1(CC)CC1(C)CCCC. The molecule has 1 fully saturated rings. The maximum Gasteiger partial charge on any atom is -0.0215 e. The third-order valence-electron chi connectivity index (χ3n) is 5.43. The van der Waals surface area contributed by atoms with E-state index in [1.165, 1.54) is 51.4 Å². The highest BCUT2D eigenvalue weighted by atomic mass is 14.7. The Labute approximate surface area is 103 Å². The summed E-state index contributed by atoms with van der Waals surface area (Å²) in [4.78, 5) is 0. The fourth-order valence-corrected chi connectivity index (χ4v) is 4.01. The van der Waals surface area contributed by atoms with Crippen LogP contribution >= 0.6 is 0 Å². The highest BCUT2D eigenvalue weighted by molar-refractivity contribution is 5.12. The molecule has 0 aromatic carbocycles. The van der Waals surface area contributed by atoms with Crippen LogP contribution in [-0.4, -0.2) is 0 Å². The van der Waals surface area contributed by atoms with Crippen molar-refractivity contribution in [1.29, 1.82) is 0 Å². The third-order valence-corrected chi connectivity index (χ3v) is 5.43. The first kappa shape index (κ1) is 14.1. The maximum absolute atomic E-state index is 2.55. The predicted octanol–water partition coefficient (Wildman–Crippen LogP) is 5.81. The summed E-state index contributed by atoms with van der Waals surface area (Å²) in [6.45, 7) is 12.1. The van der Waals surface area contributed by atoms with Crippen molar-refractivity contribution < 1.29 is 0 Å². The molecule has 3 atom stereocenters. The summed E-state index contributed by atoms with van der Waals surface area (Å²) in [5, 5.41) is 0. The molecule has 0 heteroatoms. The van der Waals surface area contributed by atoms with E-state index in [0.717, 1.165) is 5.92 Å². The van der Waals surface area contributed by atoms with Crippen LogP contribution in [-0.2, 0) is 0 Å². The molecule has 96 valence electrons. The van der Waals surface area contributed by atoms with Gasteiger partial charge in [-0.2, -0.15) is 0 Å². The first-order valence-electron chi connectivity index (χ1n) is 7.56. The molecule has 0 radical (unpaired) electrons. The second-order valence-electron chi connectivity index (χ2n) is 6.39. The van der Waals surface area contributed by atoms with Gasteiger partial charge in [-0.1, -0.05) is 66.7 Å². The van der Waals surface area contributed by atoms with Gasteiger partial charge in [0.25, 0.3) is 0 Å². The Morgan fingerprint density at radius 1 is 1.06 bits per heavy atom. The quantitative estimate of drug-likeness (QED) is 0.488. The standard InChI is InChI=1S/C16H32/c1-6-9-11-14(4)16(8-3)13-15(16,5)12-10-7-2/h14H,6-13H2,1-5H3. The average molecular weight is 224 g/mol. The zero-order valence-corrected chi connectivity index (χ0v) is 12.2. The fourth-order valence-electron chi connectivity index (χ4n) is 4.01. The van der Waals surface area contributed by atoms with Crippen molar-refractivity contribution in [2.24, 2.45) is 16.7 Å². The smallest absolute Gasteiger partial charge is 0.0215 e. The monoisotopic (exact) mass is 224 g/mol. The summed E-state index contributed by atoms with van der Waals surface area (Å²) in [5.74, 6) is 0.944. The molecular formula is C16H32. The fraction of sp³-hybridized carbons (Fsp3) is 1.00. The summed E-state index contributed by atoms with van der Waals surface area (Å²) in [5.41, 5.74) is 1.39. The Bertz CT molecular complexity index is 208. The molecule has 1 rings (SSSR count). The molecule has 16 heavy (non-hydrogen) atoms. The second-order valence-corrected chi connectivity index (χ2v) is 6.39. The summed E-state index contributed by atoms with van der Waals surface area (Å²) >= 11 is 0. The first-order chi connectivity index (χ1) is 7.56. The third kappa shape index (κ3) is 2.46. The van der Waals surface area contributed by atoms with Gasteiger partial charge in [0, 0.05) is 0 Å². The van der Waals surface area contributed by atoms with Gasteiger partial charge in [-0.25, -0.2) is 0 Å². The van der Waals surface area contributed by atoms with Crippen LogP contribution in [0.2, 0.25) is 0 Å². The van der Waals surface area contributed by atoms with Crippen molar-refractivity contribution in [3.05, 3.63) is 0 Å². The molecule has 1 aliphatic rings. The van der Waals surface area contributed by atoms with Crippen molar-refractivity contribution in [1.82, 2.24) is 0 Å². The first-order valence-corrected chi connectivity index (χ1v) is 7.56. The van der Waals surface area contributed by atoms with Crippen LogP contribution in [0.5, 0.6) is 0 Å². The van der Waals surface area contributed by atoms with Gasteiger partial charge in [-0.3, -0.25) is 0 Å². The van der Waals surface area contributed by atoms with Crippen molar-refractivity contribution in [2.45, 2.75) is 86.0 Å². The molecule has 0 nitrogen and oxygen atoms in total. The van der Waals surface area contributed by atoms with Gasteiger partial charge >= 0.3 is 0 Å². The largest absolute Gasteiger partial charge is 0.0654 e. The number of hydrogen-bond donors (Lipinski definition) is 0. The van der Waals surface area contributed by atoms with Gasteiger partial charge < -0.3 is 0 Å². The number of unbranched alkanes of at least 4 members (excludes halogenated alkanes) is 2. The average Bonchev–Trinajstić information content (AvgIpc) is 2.91. The summed E-state index contributed by atoms with van der Waals surface area (Å²) in [6, 6.07) is 0. The Hall–Kier alpha value is 0. The van der Waals surface area contributed by atoms with Gasteiger partial charge in [0.15, 0.2) is 0 Å². The van der Waals surface area contributed by atoms with Crippen LogP contribution < -0.4 is 0 Å². The van der Waals surface area contributed by atoms with Gasteiger partial charge in [0.05, 0.1) is 0 Å². The lowest BCUT2D eigenvalue weighted by atomic mass is 9.77. The van der Waals surface area contributed by atoms with E-state index in [1.807, 2.05) is 0 Å². The lowest BCUT2D eigenvalue weighted by Crippen LogP contribution is -2.19. The van der Waals surface area contributed by atoms with Crippen LogP contribution in [0.25, 0.3) is 0 Å². The molecule has 1 aliphatic carbocycles. The minimum absolute atomic E-state index is 0.685. The van der Waals surface area contributed by atoms with Crippen molar-refractivity contribution in [2.75, 3.05) is 0 Å². The molecule has 0 amide bonds. The van der Waals surface area contributed by atoms with E-state index >= 15 is 0 Å². The van der Waals surface area contributed by atoms with E-state index in [1.54, 1.807) is 0 Å². The van der Waals surface area contributed by atoms with Gasteiger partial charge in [0.1, 0.15) is 0 Å². The Kier molecular flexibility index (Phi) is 4.88. The van der Waals surface area contributed by atoms with Crippen molar-refractivity contribution in [3.63, 3.8) is 0 Å². The van der Waals surface area contributed by atoms with Gasteiger partial charge in [-0.05, 0) is 36.0 Å². The molecule has 0 spiro atoms. The van der Waals surface area contributed by atoms with Gasteiger partial charge in [-0.15, -0.1) is 0 Å². The molecule has 0 heterocycles. The Morgan fingerprint density at radius 3 is 2.19 bits per heavy atom. The zero-order chi connectivity index (χ0) is 12.2. The van der Waals surface area contributed by atoms with Crippen LogP contribution in [0.4, 0.5) is 0 Å². The normalized spacial score (nSPS) is 35.1. The molecule has 0 bridgehead atoms. The predicted molar refractivity (Wildman–Crippen MR) is 73.7 cm³/mol. The van der Waals surface area contributed by atoms with E-state index in [4.69, 9.17) is 0 Å². The van der Waals surface area contributed by atoms with E-state index in [2.05, 4.69) is 34.6 Å². The minimum atomic E-state index is 0.685. The van der Waals surface area contributed by atoms with Crippen LogP contribution in [0, 0.1) is 16.7 Å². The summed E-state index contributed by atoms with van der Waals surface area (Å²) in [6.07, 6.45) is 11.4. The molecule has 0 aliphatic heterocycles. The highest BCUT2D eigenvalue weighted by Crippen LogP contribution is 2.72. The maximum atomic E-state index is 2.55. The number of hydrogen-bond acceptors (Lipinski definition) is 0. The highest BCUT2D eigenvalue weighted by Gasteiger charge is 2.63. The zero-order valence-electron chi connectivity index (χ0n) is 12.2. The van der Waals surface area contributed by atoms with Crippen molar-refractivity contribution >= 4 is 0 Å². The van der Waals surface area contributed by atoms with Crippen molar-refractivity contribution in [3.8, 4) is 0 Å². The van der Waals surface area contributed by atoms with E-state index in [0.29, 0.717) is 10.8 Å². The van der Waals surface area contributed by atoms with Crippen LogP contribution in [0.15, 0.2) is 0 Å². The molecule has 0 aromatic rings. The summed E-state index contributed by atoms with van der Waals surface area (Å²) in [7, 11) is 0. The lowest BCUT2D eigenvalue weighted by Gasteiger charge is -2.28. The molecule has 0 aromatic heterocycles. The minimum Gasteiger partial charge on any atom is -0.0654 e. The molecular weight excluding hydrogens is 192 g/mol. The lowest BCUT2D eigenvalue weighted by molar-refractivity contribution is 0.213. The summed E-state index contributed by atoms with van der Waals surface area (Å²) < 4.78 is 0. The van der Waals surface area contributed by atoms with Crippen LogP contribution in [0.1, 0.15) is 86.0 Å². The van der Waals surface area contributed by atoms with Gasteiger partial charge in [0.2, 0.25) is 0 Å². The van der Waals surface area contributed by atoms with Crippen LogP contribution in [0.3, 0.4) is 0 Å². The molecule has 0 N–H and O–H groups in total. The van der Waals surface area contributed by atoms with E-state index in [9.17, 15) is 0 Å².